The Balaban J connectivity index is 1.83. The number of nitrogens with one attached hydrogen (secondary N) is 1. The fourth-order valence-corrected chi connectivity index (χ4v) is 3.13. The minimum atomic E-state index is -1.05. The van der Waals surface area contributed by atoms with Crippen LogP contribution >= 0.6 is 0 Å². The third-order valence-electron chi connectivity index (χ3n) is 4.58. The summed E-state index contributed by atoms with van der Waals surface area (Å²) in [7, 11) is 0. The van der Waals surface area contributed by atoms with Crippen LogP contribution in [0.3, 0.4) is 0 Å². The number of carbonyl (C=O) groups excluding carboxylic acids is 1. The number of aliphatic hydroxyl groups is 1. The number of hydrogen-bond acceptors (Lipinski definition) is 3. The second-order valence-electron chi connectivity index (χ2n) is 6.91. The molecule has 0 aromatic heterocycles. The lowest BCUT2D eigenvalue weighted by Gasteiger charge is -2.11. The summed E-state index contributed by atoms with van der Waals surface area (Å²) in [6.07, 6.45) is 3.52. The maximum atomic E-state index is 12.5. The number of aryl methyl sites for hydroxylation is 1. The summed E-state index contributed by atoms with van der Waals surface area (Å²) in [6, 6.07) is 22.6. The predicted octanol–water partition coefficient (Wildman–Crippen LogP) is 4.52. The lowest BCUT2D eigenvalue weighted by Crippen LogP contribution is -2.12. The van der Waals surface area contributed by atoms with Crippen molar-refractivity contribution in [2.45, 2.75) is 19.4 Å². The highest BCUT2D eigenvalue weighted by molar-refractivity contribution is 5.93. The number of amides is 1. The number of rotatable bonds is 8. The summed E-state index contributed by atoms with van der Waals surface area (Å²) >= 11 is 0. The van der Waals surface area contributed by atoms with Gasteiger partial charge in [0, 0.05) is 18.2 Å². The molecule has 1 amide bonds. The number of hydrogen-bond donors (Lipinski definition) is 3. The molecular formula is C25H23NO4. The van der Waals surface area contributed by atoms with Crippen LogP contribution in [0.5, 0.6) is 0 Å². The molecule has 0 aliphatic rings. The number of carboxylic acids is 1. The summed E-state index contributed by atoms with van der Waals surface area (Å²) in [5.74, 6) is -1.16. The molecule has 3 aromatic carbocycles. The van der Waals surface area contributed by atoms with Crippen molar-refractivity contribution in [2.24, 2.45) is 0 Å². The first-order valence-corrected chi connectivity index (χ1v) is 9.63. The van der Waals surface area contributed by atoms with E-state index in [1.54, 1.807) is 6.07 Å². The lowest BCUT2D eigenvalue weighted by molar-refractivity contribution is -0.131. The van der Waals surface area contributed by atoms with E-state index in [4.69, 9.17) is 5.11 Å². The van der Waals surface area contributed by atoms with Crippen molar-refractivity contribution >= 4 is 23.6 Å². The Hall–Kier alpha value is -3.70. The quantitative estimate of drug-likeness (QED) is 0.485. The molecule has 0 fully saturated rings. The Bertz CT molecular complexity index is 1060. The number of carbonyl (C=O) groups is 2. The molecule has 3 rings (SSSR count). The van der Waals surface area contributed by atoms with Gasteiger partial charge >= 0.3 is 5.97 Å². The Morgan fingerprint density at radius 3 is 2.37 bits per heavy atom. The van der Waals surface area contributed by atoms with E-state index in [1.807, 2.05) is 66.7 Å². The molecule has 0 spiro atoms. The maximum absolute atomic E-state index is 12.5. The summed E-state index contributed by atoms with van der Waals surface area (Å²) in [4.78, 5) is 23.4. The molecule has 3 aromatic rings. The van der Waals surface area contributed by atoms with Crippen LogP contribution in [-0.2, 0) is 22.6 Å². The van der Waals surface area contributed by atoms with Crippen LogP contribution in [0.25, 0.3) is 17.2 Å². The minimum Gasteiger partial charge on any atom is -0.478 e. The van der Waals surface area contributed by atoms with Gasteiger partial charge in [0.2, 0.25) is 5.91 Å². The molecule has 0 aliphatic heterocycles. The van der Waals surface area contributed by atoms with E-state index in [9.17, 15) is 14.7 Å². The minimum absolute atomic E-state index is 0.0739. The monoisotopic (exact) mass is 401 g/mol. The van der Waals surface area contributed by atoms with Crippen LogP contribution in [0, 0.1) is 0 Å². The Kier molecular flexibility index (Phi) is 7.14. The Morgan fingerprint density at radius 1 is 0.867 bits per heavy atom. The number of anilines is 1. The predicted molar refractivity (Wildman–Crippen MR) is 118 cm³/mol. The first kappa shape index (κ1) is 21.0. The SMILES string of the molecule is O=C(O)/C=C/c1cc(NC(=O)CCc2ccccc2)cc(-c2cccc(CO)c2)c1. The molecule has 0 unspecified atom stereocenters. The van der Waals surface area contributed by atoms with Crippen LogP contribution < -0.4 is 5.32 Å². The smallest absolute Gasteiger partial charge is 0.328 e. The molecule has 3 N–H and O–H groups in total. The van der Waals surface area contributed by atoms with E-state index >= 15 is 0 Å². The standard InChI is InChI=1S/C25H23NO4/c27-17-20-7-4-8-21(14-20)22-13-19(10-12-25(29)30)15-23(16-22)26-24(28)11-9-18-5-2-1-3-6-18/h1-8,10,12-16,27H,9,11,17H2,(H,26,28)(H,29,30)/b12-10+. The van der Waals surface area contributed by atoms with Gasteiger partial charge in [-0.3, -0.25) is 4.79 Å². The van der Waals surface area contributed by atoms with Gasteiger partial charge in [-0.25, -0.2) is 4.79 Å². The zero-order chi connectivity index (χ0) is 21.3. The molecule has 0 radical (unpaired) electrons. The van der Waals surface area contributed by atoms with Crippen molar-refractivity contribution < 1.29 is 19.8 Å². The van der Waals surface area contributed by atoms with E-state index in [0.717, 1.165) is 28.3 Å². The number of benzene rings is 3. The second-order valence-corrected chi connectivity index (χ2v) is 6.91. The summed E-state index contributed by atoms with van der Waals surface area (Å²) in [5.41, 5.74) is 4.79. The fourth-order valence-electron chi connectivity index (χ4n) is 3.13. The topological polar surface area (TPSA) is 86.6 Å². The van der Waals surface area contributed by atoms with Crippen LogP contribution in [-0.4, -0.2) is 22.1 Å². The summed E-state index contributed by atoms with van der Waals surface area (Å²) in [5, 5.41) is 21.2. The summed E-state index contributed by atoms with van der Waals surface area (Å²) < 4.78 is 0. The van der Waals surface area contributed by atoms with Crippen LogP contribution in [0.2, 0.25) is 0 Å². The molecule has 0 bridgehead atoms. The van der Waals surface area contributed by atoms with Crippen molar-refractivity contribution in [3.63, 3.8) is 0 Å². The van der Waals surface area contributed by atoms with Gasteiger partial charge in [-0.1, -0.05) is 48.5 Å². The molecule has 0 saturated carbocycles. The third kappa shape index (κ3) is 6.15. The van der Waals surface area contributed by atoms with E-state index in [1.165, 1.54) is 6.08 Å². The summed E-state index contributed by atoms with van der Waals surface area (Å²) in [6.45, 7) is -0.0739. The number of carboxylic acid groups (broad SMARTS) is 1. The van der Waals surface area contributed by atoms with Gasteiger partial charge in [-0.2, -0.15) is 0 Å². The van der Waals surface area contributed by atoms with Crippen molar-refractivity contribution in [3.05, 3.63) is 95.6 Å². The first-order chi connectivity index (χ1) is 14.5. The van der Waals surface area contributed by atoms with Gasteiger partial charge in [0.05, 0.1) is 6.61 Å². The normalized spacial score (nSPS) is 10.8. The fraction of sp³-hybridized carbons (Fsp3) is 0.120. The van der Waals surface area contributed by atoms with E-state index in [2.05, 4.69) is 5.32 Å². The van der Waals surface area contributed by atoms with Crippen molar-refractivity contribution in [3.8, 4) is 11.1 Å². The van der Waals surface area contributed by atoms with Gasteiger partial charge in [0.15, 0.2) is 0 Å². The van der Waals surface area contributed by atoms with E-state index < -0.39 is 5.97 Å². The largest absolute Gasteiger partial charge is 0.478 e. The highest BCUT2D eigenvalue weighted by Gasteiger charge is 2.08. The van der Waals surface area contributed by atoms with Crippen molar-refractivity contribution in [1.82, 2.24) is 0 Å². The zero-order valence-electron chi connectivity index (χ0n) is 16.4. The zero-order valence-corrected chi connectivity index (χ0v) is 16.4. The highest BCUT2D eigenvalue weighted by atomic mass is 16.4. The average molecular weight is 401 g/mol. The molecule has 5 nitrogen and oxygen atoms in total. The van der Waals surface area contributed by atoms with Crippen molar-refractivity contribution in [2.75, 3.05) is 5.32 Å². The van der Waals surface area contributed by atoms with E-state index in [-0.39, 0.29) is 12.5 Å². The van der Waals surface area contributed by atoms with Gasteiger partial charge in [-0.15, -0.1) is 0 Å². The molecule has 152 valence electrons. The van der Waals surface area contributed by atoms with Gasteiger partial charge < -0.3 is 15.5 Å². The van der Waals surface area contributed by atoms with Crippen LogP contribution in [0.15, 0.2) is 78.9 Å². The Labute approximate surface area is 175 Å². The van der Waals surface area contributed by atoms with E-state index in [0.29, 0.717) is 24.1 Å². The molecular weight excluding hydrogens is 378 g/mol. The molecule has 0 atom stereocenters. The first-order valence-electron chi connectivity index (χ1n) is 9.63. The Morgan fingerprint density at radius 2 is 1.63 bits per heavy atom. The van der Waals surface area contributed by atoms with Crippen LogP contribution in [0.4, 0.5) is 5.69 Å². The van der Waals surface area contributed by atoms with Gasteiger partial charge in [-0.05, 0) is 64.6 Å². The second kappa shape index (κ2) is 10.2. The maximum Gasteiger partial charge on any atom is 0.328 e. The average Bonchev–Trinajstić information content (AvgIpc) is 2.77. The number of aliphatic hydroxyl groups excluding tert-OH is 1. The van der Waals surface area contributed by atoms with Gasteiger partial charge in [0.25, 0.3) is 0 Å². The molecule has 30 heavy (non-hydrogen) atoms. The molecule has 0 aliphatic carbocycles. The molecule has 5 heteroatoms. The lowest BCUT2D eigenvalue weighted by atomic mass is 10.00. The number of aliphatic carboxylic acids is 1. The highest BCUT2D eigenvalue weighted by Crippen LogP contribution is 2.27. The molecule has 0 heterocycles. The van der Waals surface area contributed by atoms with Crippen molar-refractivity contribution in [1.29, 1.82) is 0 Å². The van der Waals surface area contributed by atoms with Gasteiger partial charge in [0.1, 0.15) is 0 Å². The van der Waals surface area contributed by atoms with Crippen LogP contribution in [0.1, 0.15) is 23.1 Å². The third-order valence-corrected chi connectivity index (χ3v) is 4.58. The molecule has 0 saturated heterocycles.